The van der Waals surface area contributed by atoms with Crippen LogP contribution in [0.15, 0.2) is 146 Å². The predicted molar refractivity (Wildman–Crippen MR) is 192 cm³/mol. The number of fused-ring (bicyclic) bond motifs is 14. The summed E-state index contributed by atoms with van der Waals surface area (Å²) in [7, 11) is 0. The van der Waals surface area contributed by atoms with Crippen LogP contribution in [-0.4, -0.2) is 18.8 Å². The van der Waals surface area contributed by atoms with Crippen LogP contribution >= 0.6 is 0 Å². The Morgan fingerprint density at radius 3 is 2.00 bits per heavy atom. The van der Waals surface area contributed by atoms with E-state index in [-0.39, 0.29) is 0 Å². The first-order chi connectivity index (χ1) is 23.3. The number of nitrogens with zero attached hydrogens (tertiary/aromatic N) is 4. The summed E-state index contributed by atoms with van der Waals surface area (Å²) in [6, 6.07) is 48.9. The van der Waals surface area contributed by atoms with E-state index in [1.54, 1.807) is 0 Å². The average Bonchev–Trinajstić information content (AvgIpc) is 3.80. The molecule has 0 aliphatic carbocycles. The lowest BCUT2D eigenvalue weighted by Gasteiger charge is -2.13. The van der Waals surface area contributed by atoms with Crippen molar-refractivity contribution in [2.75, 3.05) is 0 Å². The molecule has 0 spiro atoms. The number of hydrogen-bond acceptors (Lipinski definition) is 3. The summed E-state index contributed by atoms with van der Waals surface area (Å²) in [6.45, 7) is 0. The van der Waals surface area contributed by atoms with Gasteiger partial charge in [0.25, 0.3) is 0 Å². The van der Waals surface area contributed by atoms with Crippen molar-refractivity contribution in [2.45, 2.75) is 0 Å². The van der Waals surface area contributed by atoms with Crippen LogP contribution in [0.25, 0.3) is 87.7 Å². The van der Waals surface area contributed by atoms with E-state index in [1.165, 1.54) is 32.6 Å². The van der Waals surface area contributed by atoms with E-state index in [1.807, 2.05) is 24.4 Å². The molecule has 218 valence electrons. The molecule has 0 atom stereocenters. The molecule has 0 radical (unpaired) electrons. The van der Waals surface area contributed by atoms with Crippen LogP contribution in [0.4, 0.5) is 0 Å². The normalized spacial score (nSPS) is 12.3. The summed E-state index contributed by atoms with van der Waals surface area (Å²) < 4.78 is 11.7. The number of aromatic nitrogens is 4. The van der Waals surface area contributed by atoms with Crippen molar-refractivity contribution in [2.24, 2.45) is 0 Å². The maximum atomic E-state index is 7.02. The average molecular weight is 601 g/mol. The van der Waals surface area contributed by atoms with Crippen LogP contribution in [-0.2, 0) is 0 Å². The summed E-state index contributed by atoms with van der Waals surface area (Å²) in [5, 5.41) is 8.20. The van der Waals surface area contributed by atoms with Gasteiger partial charge in [-0.15, -0.1) is 0 Å². The number of pyridine rings is 2. The van der Waals surface area contributed by atoms with Crippen LogP contribution in [0.1, 0.15) is 0 Å². The highest BCUT2D eigenvalue weighted by Crippen LogP contribution is 2.45. The molecule has 0 fully saturated rings. The molecule has 0 aliphatic heterocycles. The molecule has 5 aromatic heterocycles. The second-order valence-electron chi connectivity index (χ2n) is 12.2. The summed E-state index contributed by atoms with van der Waals surface area (Å²) >= 11 is 0. The van der Waals surface area contributed by atoms with E-state index in [2.05, 4.69) is 130 Å². The third kappa shape index (κ3) is 3.32. The largest absolute Gasteiger partial charge is 0.455 e. The maximum absolute atomic E-state index is 7.02. The van der Waals surface area contributed by atoms with Gasteiger partial charge in [-0.1, -0.05) is 72.8 Å². The van der Waals surface area contributed by atoms with Crippen molar-refractivity contribution < 1.29 is 4.74 Å². The zero-order valence-corrected chi connectivity index (χ0v) is 25.1. The van der Waals surface area contributed by atoms with Crippen LogP contribution in [0, 0.1) is 0 Å². The SMILES string of the molecule is c1ccc(-c2cc(Oc3ccc4c5ccccc5n5c6ccccc6nc5c4c3)c3c(c2)c2cccc4c5ccccc5n3c42)nc1. The van der Waals surface area contributed by atoms with Crippen molar-refractivity contribution >= 4 is 76.5 Å². The summed E-state index contributed by atoms with van der Waals surface area (Å²) in [6.07, 6.45) is 1.84. The molecule has 6 aromatic carbocycles. The van der Waals surface area contributed by atoms with Crippen molar-refractivity contribution in [1.29, 1.82) is 0 Å². The van der Waals surface area contributed by atoms with Gasteiger partial charge in [0.15, 0.2) is 5.75 Å². The fourth-order valence-corrected chi connectivity index (χ4v) is 7.75. The topological polar surface area (TPSA) is 43.8 Å². The predicted octanol–water partition coefficient (Wildman–Crippen LogP) is 10.8. The molecule has 5 heteroatoms. The van der Waals surface area contributed by atoms with Gasteiger partial charge in [-0.25, -0.2) is 4.98 Å². The van der Waals surface area contributed by atoms with Gasteiger partial charge in [0.1, 0.15) is 11.4 Å². The van der Waals surface area contributed by atoms with Crippen molar-refractivity contribution in [1.82, 2.24) is 18.8 Å². The minimum absolute atomic E-state index is 0.755. The first kappa shape index (κ1) is 24.8. The van der Waals surface area contributed by atoms with E-state index >= 15 is 0 Å². The molecule has 0 unspecified atom stereocenters. The number of imidazole rings is 1. The minimum atomic E-state index is 0.755. The Bertz CT molecular complexity index is 3050. The lowest BCUT2D eigenvalue weighted by Crippen LogP contribution is -1.93. The molecule has 47 heavy (non-hydrogen) atoms. The lowest BCUT2D eigenvalue weighted by atomic mass is 10.0. The minimum Gasteiger partial charge on any atom is -0.455 e. The molecular formula is C42H24N4O. The number of hydrogen-bond donors (Lipinski definition) is 0. The molecular weight excluding hydrogens is 576 g/mol. The number of ether oxygens (including phenoxy) is 1. The number of para-hydroxylation sites is 5. The van der Waals surface area contributed by atoms with E-state index in [4.69, 9.17) is 14.7 Å². The molecule has 5 heterocycles. The van der Waals surface area contributed by atoms with Gasteiger partial charge < -0.3 is 9.14 Å². The van der Waals surface area contributed by atoms with Crippen LogP contribution in [0.3, 0.4) is 0 Å². The molecule has 0 amide bonds. The zero-order chi connectivity index (χ0) is 30.6. The summed E-state index contributed by atoms with van der Waals surface area (Å²) in [5.74, 6) is 1.54. The van der Waals surface area contributed by atoms with E-state index in [9.17, 15) is 0 Å². The summed E-state index contributed by atoms with van der Waals surface area (Å²) in [5.41, 5.74) is 9.47. The Kier molecular flexibility index (Phi) is 4.78. The molecule has 0 aliphatic rings. The fraction of sp³-hybridized carbons (Fsp3) is 0. The third-order valence-electron chi connectivity index (χ3n) is 9.70. The molecule has 11 rings (SSSR count). The van der Waals surface area contributed by atoms with Crippen molar-refractivity contribution in [3.8, 4) is 22.8 Å². The Hall–Kier alpha value is -6.46. The Labute approximate surface area is 267 Å². The highest BCUT2D eigenvalue weighted by atomic mass is 16.5. The zero-order valence-electron chi connectivity index (χ0n) is 25.1. The van der Waals surface area contributed by atoms with Crippen LogP contribution < -0.4 is 4.74 Å². The van der Waals surface area contributed by atoms with E-state index in [0.717, 1.165) is 66.6 Å². The Morgan fingerprint density at radius 2 is 1.17 bits per heavy atom. The summed E-state index contributed by atoms with van der Waals surface area (Å²) in [4.78, 5) is 9.84. The smallest absolute Gasteiger partial charge is 0.152 e. The van der Waals surface area contributed by atoms with Gasteiger partial charge in [0.2, 0.25) is 0 Å². The monoisotopic (exact) mass is 600 g/mol. The first-order valence-corrected chi connectivity index (χ1v) is 15.8. The molecule has 0 saturated carbocycles. The Balaban J connectivity index is 1.22. The number of rotatable bonds is 3. The van der Waals surface area contributed by atoms with Crippen LogP contribution in [0.5, 0.6) is 11.5 Å². The Morgan fingerprint density at radius 1 is 0.468 bits per heavy atom. The molecule has 5 nitrogen and oxygen atoms in total. The quantitative estimate of drug-likeness (QED) is 0.190. The van der Waals surface area contributed by atoms with Gasteiger partial charge >= 0.3 is 0 Å². The van der Waals surface area contributed by atoms with Gasteiger partial charge in [0, 0.05) is 44.1 Å². The maximum Gasteiger partial charge on any atom is 0.152 e. The second-order valence-corrected chi connectivity index (χ2v) is 12.2. The highest BCUT2D eigenvalue weighted by molar-refractivity contribution is 6.24. The standard InChI is InChI=1S/C42H24N4O/c1-4-16-36-28(10-1)27-20-19-26(24-33(27)42-44-35-15-3-6-18-38(35)45(36)42)47-39-23-25(34-14-7-8-21-43-34)22-32-31-13-9-12-30-29-11-2-5-17-37(29)46(40(30)31)41(32)39/h1-24H. The van der Waals surface area contributed by atoms with Gasteiger partial charge in [-0.05, 0) is 72.1 Å². The molecule has 0 N–H and O–H groups in total. The third-order valence-corrected chi connectivity index (χ3v) is 9.70. The number of benzene rings is 6. The fourth-order valence-electron chi connectivity index (χ4n) is 7.75. The van der Waals surface area contributed by atoms with Gasteiger partial charge in [0.05, 0.1) is 38.8 Å². The lowest BCUT2D eigenvalue weighted by molar-refractivity contribution is 0.488. The highest BCUT2D eigenvalue weighted by Gasteiger charge is 2.22. The van der Waals surface area contributed by atoms with Crippen molar-refractivity contribution in [3.05, 3.63) is 146 Å². The van der Waals surface area contributed by atoms with Gasteiger partial charge in [-0.2, -0.15) is 0 Å². The van der Waals surface area contributed by atoms with Crippen LogP contribution in [0.2, 0.25) is 0 Å². The van der Waals surface area contributed by atoms with E-state index < -0.39 is 0 Å². The molecule has 0 bridgehead atoms. The van der Waals surface area contributed by atoms with Crippen molar-refractivity contribution in [3.63, 3.8) is 0 Å². The first-order valence-electron chi connectivity index (χ1n) is 15.8. The molecule has 0 saturated heterocycles. The second kappa shape index (κ2) is 9.05. The molecule has 11 aromatic rings. The van der Waals surface area contributed by atoms with E-state index in [0.29, 0.717) is 0 Å². The van der Waals surface area contributed by atoms with Gasteiger partial charge in [-0.3, -0.25) is 9.38 Å².